The zero-order chi connectivity index (χ0) is 12.5. The van der Waals surface area contributed by atoms with E-state index in [1.54, 1.807) is 0 Å². The van der Waals surface area contributed by atoms with Crippen molar-refractivity contribution < 1.29 is 4.52 Å². The van der Waals surface area contributed by atoms with E-state index in [1.165, 1.54) is 12.8 Å². The molecule has 2 unspecified atom stereocenters. The fourth-order valence-corrected chi connectivity index (χ4v) is 2.09. The van der Waals surface area contributed by atoms with E-state index in [2.05, 4.69) is 30.9 Å². The predicted molar refractivity (Wildman–Crippen MR) is 66.5 cm³/mol. The molecule has 0 bridgehead atoms. The summed E-state index contributed by atoms with van der Waals surface area (Å²) in [6.45, 7) is 6.50. The van der Waals surface area contributed by atoms with E-state index < -0.39 is 5.54 Å². The molecule has 1 fully saturated rings. The van der Waals surface area contributed by atoms with Crippen molar-refractivity contribution in [2.24, 2.45) is 11.7 Å². The summed E-state index contributed by atoms with van der Waals surface area (Å²) in [5.41, 5.74) is 6.02. The maximum atomic E-state index is 6.44. The van der Waals surface area contributed by atoms with Crippen LogP contribution in [0.1, 0.15) is 70.5 Å². The van der Waals surface area contributed by atoms with Crippen molar-refractivity contribution in [2.45, 2.75) is 64.3 Å². The molecule has 1 aliphatic carbocycles. The molecule has 2 rings (SSSR count). The molecule has 1 saturated carbocycles. The molecule has 4 heteroatoms. The summed E-state index contributed by atoms with van der Waals surface area (Å²) in [6.07, 6.45) is 5.25. The van der Waals surface area contributed by atoms with E-state index >= 15 is 0 Å². The Morgan fingerprint density at radius 2 is 2.18 bits per heavy atom. The molecule has 1 aliphatic rings. The van der Waals surface area contributed by atoms with Gasteiger partial charge in [-0.05, 0) is 31.6 Å². The van der Waals surface area contributed by atoms with Crippen LogP contribution in [0.15, 0.2) is 4.52 Å². The van der Waals surface area contributed by atoms with Crippen molar-refractivity contribution in [1.82, 2.24) is 10.1 Å². The molecule has 2 N–H and O–H groups in total. The Bertz CT molecular complexity index is 372. The van der Waals surface area contributed by atoms with E-state index in [1.807, 2.05) is 0 Å². The first-order valence-corrected chi connectivity index (χ1v) is 6.72. The Morgan fingerprint density at radius 1 is 1.47 bits per heavy atom. The fourth-order valence-electron chi connectivity index (χ4n) is 2.09. The van der Waals surface area contributed by atoms with Gasteiger partial charge in [0.2, 0.25) is 5.89 Å². The Hall–Kier alpha value is -0.900. The molecule has 0 radical (unpaired) electrons. The molecule has 1 heterocycles. The smallest absolute Gasteiger partial charge is 0.229 e. The third-order valence-corrected chi connectivity index (χ3v) is 3.85. The van der Waals surface area contributed by atoms with E-state index in [4.69, 9.17) is 10.3 Å². The number of hydrogen-bond donors (Lipinski definition) is 1. The van der Waals surface area contributed by atoms with E-state index in [0.717, 1.165) is 25.2 Å². The van der Waals surface area contributed by atoms with Crippen molar-refractivity contribution in [3.8, 4) is 0 Å². The van der Waals surface area contributed by atoms with Gasteiger partial charge in [0.25, 0.3) is 0 Å². The summed E-state index contributed by atoms with van der Waals surface area (Å²) in [6, 6.07) is 0. The molecule has 0 amide bonds. The topological polar surface area (TPSA) is 64.9 Å². The molecular weight excluding hydrogens is 214 g/mol. The number of nitrogens with two attached hydrogens (primary N) is 1. The lowest BCUT2D eigenvalue weighted by Gasteiger charge is -2.27. The monoisotopic (exact) mass is 237 g/mol. The van der Waals surface area contributed by atoms with Gasteiger partial charge in [-0.3, -0.25) is 0 Å². The van der Waals surface area contributed by atoms with Crippen LogP contribution in [0.5, 0.6) is 0 Å². The van der Waals surface area contributed by atoms with Crippen LogP contribution in [0.25, 0.3) is 0 Å². The predicted octanol–water partition coefficient (Wildman–Crippen LogP) is 2.95. The summed E-state index contributed by atoms with van der Waals surface area (Å²) in [5, 5.41) is 4.10. The molecule has 2 atom stereocenters. The molecule has 0 spiro atoms. The summed E-state index contributed by atoms with van der Waals surface area (Å²) < 4.78 is 5.31. The quantitative estimate of drug-likeness (QED) is 0.826. The second kappa shape index (κ2) is 4.77. The van der Waals surface area contributed by atoms with Gasteiger partial charge in [-0.15, -0.1) is 0 Å². The lowest BCUT2D eigenvalue weighted by atomic mass is 9.85. The van der Waals surface area contributed by atoms with Crippen LogP contribution in [0.4, 0.5) is 0 Å². The summed E-state index contributed by atoms with van der Waals surface area (Å²) in [4.78, 5) is 4.50. The van der Waals surface area contributed by atoms with Crippen molar-refractivity contribution >= 4 is 0 Å². The van der Waals surface area contributed by atoms with E-state index in [-0.39, 0.29) is 0 Å². The van der Waals surface area contributed by atoms with Crippen LogP contribution in [-0.2, 0) is 5.54 Å². The van der Waals surface area contributed by atoms with Crippen molar-refractivity contribution in [3.63, 3.8) is 0 Å². The minimum absolute atomic E-state index is 0.425. The van der Waals surface area contributed by atoms with E-state index in [9.17, 15) is 0 Å². The van der Waals surface area contributed by atoms with E-state index in [0.29, 0.717) is 17.7 Å². The average molecular weight is 237 g/mol. The van der Waals surface area contributed by atoms with Crippen molar-refractivity contribution in [1.29, 1.82) is 0 Å². The molecule has 17 heavy (non-hydrogen) atoms. The van der Waals surface area contributed by atoms with Crippen molar-refractivity contribution in [2.75, 3.05) is 0 Å². The third-order valence-electron chi connectivity index (χ3n) is 3.85. The molecule has 96 valence electrons. The molecule has 0 aliphatic heterocycles. The van der Waals surface area contributed by atoms with Gasteiger partial charge in [-0.1, -0.05) is 32.3 Å². The zero-order valence-electron chi connectivity index (χ0n) is 11.1. The molecule has 1 aromatic rings. The van der Waals surface area contributed by atoms with Crippen molar-refractivity contribution in [3.05, 3.63) is 11.7 Å². The largest absolute Gasteiger partial charge is 0.339 e. The molecule has 1 aromatic heterocycles. The Kier molecular flexibility index (Phi) is 3.52. The maximum absolute atomic E-state index is 6.44. The van der Waals surface area contributed by atoms with Crippen LogP contribution in [0, 0.1) is 5.92 Å². The maximum Gasteiger partial charge on any atom is 0.229 e. The van der Waals surface area contributed by atoms with Gasteiger partial charge < -0.3 is 10.3 Å². The third kappa shape index (κ3) is 2.68. The van der Waals surface area contributed by atoms with Gasteiger partial charge in [0.15, 0.2) is 5.82 Å². The highest BCUT2D eigenvalue weighted by atomic mass is 16.5. The van der Waals surface area contributed by atoms with Gasteiger partial charge >= 0.3 is 0 Å². The van der Waals surface area contributed by atoms with Gasteiger partial charge in [0.1, 0.15) is 0 Å². The highest BCUT2D eigenvalue weighted by Crippen LogP contribution is 2.40. The zero-order valence-corrected chi connectivity index (χ0v) is 11.1. The second-order valence-corrected chi connectivity index (χ2v) is 5.46. The van der Waals surface area contributed by atoms with Crippen LogP contribution in [0.2, 0.25) is 0 Å². The summed E-state index contributed by atoms with van der Waals surface area (Å²) in [5.74, 6) is 2.57. The molecule has 0 aromatic carbocycles. The number of nitrogens with zero attached hydrogens (tertiary/aromatic N) is 2. The minimum Gasteiger partial charge on any atom is -0.339 e. The normalized spacial score (nSPS) is 21.2. The Morgan fingerprint density at radius 3 is 2.71 bits per heavy atom. The fraction of sp³-hybridized carbons (Fsp3) is 0.846. The van der Waals surface area contributed by atoms with Gasteiger partial charge in [-0.25, -0.2) is 0 Å². The molecular formula is C13H23N3O. The number of aromatic nitrogens is 2. The molecule has 4 nitrogen and oxygen atoms in total. The standard InChI is InChI=1S/C13H23N3O/c1-4-9(3)8-13(14,5-2)12-15-11(17-16-12)10-6-7-10/h9-10H,4-8,14H2,1-3H3. The molecule has 0 saturated heterocycles. The van der Waals surface area contributed by atoms with Crippen LogP contribution in [-0.4, -0.2) is 10.1 Å². The highest BCUT2D eigenvalue weighted by Gasteiger charge is 2.35. The van der Waals surface area contributed by atoms with Gasteiger partial charge in [-0.2, -0.15) is 4.98 Å². The second-order valence-electron chi connectivity index (χ2n) is 5.46. The van der Waals surface area contributed by atoms with Crippen LogP contribution >= 0.6 is 0 Å². The first-order chi connectivity index (χ1) is 8.09. The minimum atomic E-state index is -0.425. The average Bonchev–Trinajstić information content (AvgIpc) is 3.06. The van der Waals surface area contributed by atoms with Gasteiger partial charge in [0, 0.05) is 5.92 Å². The summed E-state index contributed by atoms with van der Waals surface area (Å²) >= 11 is 0. The van der Waals surface area contributed by atoms with Crippen LogP contribution in [0.3, 0.4) is 0 Å². The lowest BCUT2D eigenvalue weighted by Crippen LogP contribution is -2.38. The number of rotatable bonds is 6. The Labute approximate surface area is 103 Å². The highest BCUT2D eigenvalue weighted by molar-refractivity contribution is 5.08. The first-order valence-electron chi connectivity index (χ1n) is 6.72. The lowest BCUT2D eigenvalue weighted by molar-refractivity contribution is 0.288. The Balaban J connectivity index is 2.14. The number of hydrogen-bond acceptors (Lipinski definition) is 4. The SMILES string of the molecule is CCC(C)CC(N)(CC)c1noc(C2CC2)n1. The van der Waals surface area contributed by atoms with Crippen LogP contribution < -0.4 is 5.73 Å². The first kappa shape index (κ1) is 12.6. The van der Waals surface area contributed by atoms with Gasteiger partial charge in [0.05, 0.1) is 5.54 Å². The summed E-state index contributed by atoms with van der Waals surface area (Å²) in [7, 11) is 0.